The van der Waals surface area contributed by atoms with Gasteiger partial charge in [-0.2, -0.15) is 0 Å². The van der Waals surface area contributed by atoms with E-state index in [-0.39, 0.29) is 0 Å². The van der Waals surface area contributed by atoms with Gasteiger partial charge in [0.2, 0.25) is 0 Å². The van der Waals surface area contributed by atoms with E-state index in [0.29, 0.717) is 0 Å². The molecule has 0 unspecified atom stereocenters. The molecule has 0 heterocycles. The van der Waals surface area contributed by atoms with Crippen molar-refractivity contribution in [1.82, 2.24) is 9.80 Å². The Balaban J connectivity index is 2.10. The summed E-state index contributed by atoms with van der Waals surface area (Å²) in [6.07, 6.45) is 0. The molecule has 0 bridgehead atoms. The Bertz CT molecular complexity index is 527. The molecule has 0 N–H and O–H groups in total. The third kappa shape index (κ3) is 5.21. The van der Waals surface area contributed by atoms with Crippen LogP contribution in [0.3, 0.4) is 0 Å². The zero-order chi connectivity index (χ0) is 15.2. The Kier molecular flexibility index (Phi) is 5.37. The molecule has 0 aliphatic heterocycles. The monoisotopic (exact) mass is 284 g/mol. The first-order valence-electron chi connectivity index (χ1n) is 7.18. The zero-order valence-corrected chi connectivity index (χ0v) is 13.3. The first kappa shape index (κ1) is 15.5. The standard InChI is InChI=1S/C18H24N2O/c1-19(2)13-15-7-5-9-17(11-15)21-18-10-6-8-16(12-18)14-20(3)4/h5-12H,13-14H2,1-4H3. The van der Waals surface area contributed by atoms with Crippen molar-refractivity contribution in [2.45, 2.75) is 13.1 Å². The molecule has 0 fully saturated rings. The highest BCUT2D eigenvalue weighted by atomic mass is 16.5. The fraction of sp³-hybridized carbons (Fsp3) is 0.333. The summed E-state index contributed by atoms with van der Waals surface area (Å²) in [6.45, 7) is 1.83. The van der Waals surface area contributed by atoms with Gasteiger partial charge in [0.05, 0.1) is 0 Å². The second-order valence-corrected chi connectivity index (χ2v) is 5.87. The Hall–Kier alpha value is -1.84. The van der Waals surface area contributed by atoms with Crippen LogP contribution in [0.25, 0.3) is 0 Å². The fourth-order valence-electron chi connectivity index (χ4n) is 2.28. The summed E-state index contributed by atoms with van der Waals surface area (Å²) in [5.74, 6) is 1.77. The Labute approximate surface area is 127 Å². The molecule has 0 aliphatic carbocycles. The van der Waals surface area contributed by atoms with Crippen molar-refractivity contribution in [3.63, 3.8) is 0 Å². The lowest BCUT2D eigenvalue weighted by Crippen LogP contribution is -2.10. The highest BCUT2D eigenvalue weighted by molar-refractivity contribution is 5.35. The van der Waals surface area contributed by atoms with Crippen LogP contribution in [-0.4, -0.2) is 38.0 Å². The van der Waals surface area contributed by atoms with Crippen molar-refractivity contribution in [3.05, 3.63) is 59.7 Å². The van der Waals surface area contributed by atoms with Crippen LogP contribution in [0, 0.1) is 0 Å². The molecule has 21 heavy (non-hydrogen) atoms. The van der Waals surface area contributed by atoms with E-state index >= 15 is 0 Å². The van der Waals surface area contributed by atoms with Gasteiger partial charge in [0.25, 0.3) is 0 Å². The number of ether oxygens (including phenoxy) is 1. The molecule has 3 nitrogen and oxygen atoms in total. The van der Waals surface area contributed by atoms with Crippen molar-refractivity contribution >= 4 is 0 Å². The molecule has 0 spiro atoms. The van der Waals surface area contributed by atoms with Crippen molar-refractivity contribution in [3.8, 4) is 11.5 Å². The van der Waals surface area contributed by atoms with Crippen LogP contribution in [0.5, 0.6) is 11.5 Å². The lowest BCUT2D eigenvalue weighted by Gasteiger charge is -2.13. The average Bonchev–Trinajstić information content (AvgIpc) is 2.37. The second kappa shape index (κ2) is 7.25. The summed E-state index contributed by atoms with van der Waals surface area (Å²) < 4.78 is 5.99. The summed E-state index contributed by atoms with van der Waals surface area (Å²) in [5.41, 5.74) is 2.50. The third-order valence-corrected chi connectivity index (χ3v) is 3.03. The van der Waals surface area contributed by atoms with Gasteiger partial charge in [-0.3, -0.25) is 0 Å². The minimum absolute atomic E-state index is 0.886. The van der Waals surface area contributed by atoms with E-state index in [1.165, 1.54) is 11.1 Å². The smallest absolute Gasteiger partial charge is 0.127 e. The zero-order valence-electron chi connectivity index (χ0n) is 13.3. The maximum atomic E-state index is 5.99. The van der Waals surface area contributed by atoms with Crippen LogP contribution in [0.15, 0.2) is 48.5 Å². The normalized spacial score (nSPS) is 11.1. The Morgan fingerprint density at radius 1 is 0.714 bits per heavy atom. The first-order valence-corrected chi connectivity index (χ1v) is 7.18. The highest BCUT2D eigenvalue weighted by Crippen LogP contribution is 2.23. The molecule has 0 radical (unpaired) electrons. The Morgan fingerprint density at radius 2 is 1.14 bits per heavy atom. The molecule has 112 valence electrons. The third-order valence-electron chi connectivity index (χ3n) is 3.03. The molecule has 2 aromatic rings. The molecule has 2 aromatic carbocycles. The molecule has 0 amide bonds. The highest BCUT2D eigenvalue weighted by Gasteiger charge is 2.02. The first-order chi connectivity index (χ1) is 10.0. The SMILES string of the molecule is CN(C)Cc1cccc(Oc2cccc(CN(C)C)c2)c1. The summed E-state index contributed by atoms with van der Waals surface area (Å²) in [7, 11) is 8.27. The lowest BCUT2D eigenvalue weighted by molar-refractivity contribution is 0.399. The molecule has 0 atom stereocenters. The van der Waals surface area contributed by atoms with E-state index < -0.39 is 0 Å². The van der Waals surface area contributed by atoms with Gasteiger partial charge in [0, 0.05) is 13.1 Å². The van der Waals surface area contributed by atoms with Gasteiger partial charge in [-0.05, 0) is 63.6 Å². The van der Waals surface area contributed by atoms with Gasteiger partial charge in [-0.25, -0.2) is 0 Å². The Morgan fingerprint density at radius 3 is 1.52 bits per heavy atom. The van der Waals surface area contributed by atoms with Gasteiger partial charge in [0.15, 0.2) is 0 Å². The van der Waals surface area contributed by atoms with Crippen molar-refractivity contribution in [1.29, 1.82) is 0 Å². The van der Waals surface area contributed by atoms with E-state index in [4.69, 9.17) is 4.74 Å². The predicted octanol–water partition coefficient (Wildman–Crippen LogP) is 3.60. The van der Waals surface area contributed by atoms with Gasteiger partial charge in [-0.1, -0.05) is 24.3 Å². The van der Waals surface area contributed by atoms with Crippen LogP contribution in [-0.2, 0) is 13.1 Å². The molecule has 0 aromatic heterocycles. The quantitative estimate of drug-likeness (QED) is 0.806. The molecular weight excluding hydrogens is 260 g/mol. The van der Waals surface area contributed by atoms with Crippen molar-refractivity contribution in [2.75, 3.05) is 28.2 Å². The fourth-order valence-corrected chi connectivity index (χ4v) is 2.28. The molecule has 3 heteroatoms. The van der Waals surface area contributed by atoms with Crippen LogP contribution in [0.1, 0.15) is 11.1 Å². The van der Waals surface area contributed by atoms with Crippen molar-refractivity contribution < 1.29 is 4.74 Å². The largest absolute Gasteiger partial charge is 0.457 e. The van der Waals surface area contributed by atoms with E-state index in [9.17, 15) is 0 Å². The molecular formula is C18H24N2O. The van der Waals surface area contributed by atoms with Crippen LogP contribution in [0.4, 0.5) is 0 Å². The number of nitrogens with zero attached hydrogens (tertiary/aromatic N) is 2. The maximum Gasteiger partial charge on any atom is 0.127 e. The summed E-state index contributed by atoms with van der Waals surface area (Å²) in [4.78, 5) is 4.30. The van der Waals surface area contributed by atoms with Gasteiger partial charge in [0.1, 0.15) is 11.5 Å². The lowest BCUT2D eigenvalue weighted by atomic mass is 10.2. The topological polar surface area (TPSA) is 15.7 Å². The van der Waals surface area contributed by atoms with Gasteiger partial charge >= 0.3 is 0 Å². The van der Waals surface area contributed by atoms with E-state index in [1.54, 1.807) is 0 Å². The summed E-state index contributed by atoms with van der Waals surface area (Å²) in [5, 5.41) is 0. The van der Waals surface area contributed by atoms with E-state index in [1.807, 2.05) is 24.3 Å². The van der Waals surface area contributed by atoms with Crippen LogP contribution >= 0.6 is 0 Å². The number of hydrogen-bond acceptors (Lipinski definition) is 3. The van der Waals surface area contributed by atoms with Crippen LogP contribution in [0.2, 0.25) is 0 Å². The van der Waals surface area contributed by atoms with Crippen molar-refractivity contribution in [2.24, 2.45) is 0 Å². The number of benzene rings is 2. The average molecular weight is 284 g/mol. The number of hydrogen-bond donors (Lipinski definition) is 0. The second-order valence-electron chi connectivity index (χ2n) is 5.87. The number of rotatable bonds is 6. The van der Waals surface area contributed by atoms with Crippen LogP contribution < -0.4 is 4.74 Å². The van der Waals surface area contributed by atoms with E-state index in [2.05, 4.69) is 62.3 Å². The maximum absolute atomic E-state index is 5.99. The molecule has 0 saturated heterocycles. The minimum Gasteiger partial charge on any atom is -0.457 e. The minimum atomic E-state index is 0.886. The van der Waals surface area contributed by atoms with Gasteiger partial charge < -0.3 is 14.5 Å². The predicted molar refractivity (Wildman–Crippen MR) is 87.7 cm³/mol. The summed E-state index contributed by atoms with van der Waals surface area (Å²) in [6, 6.07) is 16.5. The van der Waals surface area contributed by atoms with E-state index in [0.717, 1.165) is 24.6 Å². The summed E-state index contributed by atoms with van der Waals surface area (Å²) >= 11 is 0. The van der Waals surface area contributed by atoms with Gasteiger partial charge in [-0.15, -0.1) is 0 Å². The molecule has 0 aliphatic rings. The molecule has 0 saturated carbocycles. The molecule has 2 rings (SSSR count).